The Morgan fingerprint density at radius 2 is 1.09 bits per heavy atom. The first-order valence-corrected chi connectivity index (χ1v) is 9.65. The van der Waals surface area contributed by atoms with E-state index < -0.39 is 11.9 Å². The number of aromatic hydroxyl groups is 1. The van der Waals surface area contributed by atoms with E-state index in [1.165, 1.54) is 19.1 Å². The van der Waals surface area contributed by atoms with Gasteiger partial charge in [0.1, 0.15) is 24.5 Å². The zero-order valence-electron chi connectivity index (χ0n) is 17.9. The Kier molecular flexibility index (Phi) is 12.0. The van der Waals surface area contributed by atoms with Crippen LogP contribution in [0.1, 0.15) is 35.3 Å². The van der Waals surface area contributed by atoms with Crippen LogP contribution in [0.4, 0.5) is 0 Å². The molecule has 0 aromatic heterocycles. The number of carboxylic acids is 1. The fourth-order valence-electron chi connectivity index (χ4n) is 2.21. The molecule has 3 rings (SSSR count). The molecule has 0 atom stereocenters. The summed E-state index contributed by atoms with van der Waals surface area (Å²) < 4.78 is 9.89. The summed E-state index contributed by atoms with van der Waals surface area (Å²) in [6.45, 7) is 3.06. The zero-order chi connectivity index (χ0) is 23.8. The normalized spacial score (nSPS) is 9.19. The maximum absolute atomic E-state index is 11.7. The maximum atomic E-state index is 11.7. The molecule has 168 valence electrons. The lowest BCUT2D eigenvalue weighted by Gasteiger charge is -2.05. The van der Waals surface area contributed by atoms with Crippen molar-refractivity contribution in [2.75, 3.05) is 0 Å². The van der Waals surface area contributed by atoms with E-state index >= 15 is 0 Å². The summed E-state index contributed by atoms with van der Waals surface area (Å²) in [5, 5.41) is 16.9. The van der Waals surface area contributed by atoms with Crippen molar-refractivity contribution in [2.45, 2.75) is 27.1 Å². The molecule has 3 aromatic rings. The molecule has 0 radical (unpaired) electrons. The van der Waals surface area contributed by atoms with E-state index in [1.54, 1.807) is 12.1 Å². The van der Waals surface area contributed by atoms with Crippen LogP contribution in [0.5, 0.6) is 5.75 Å². The van der Waals surface area contributed by atoms with Gasteiger partial charge in [-0.25, -0.2) is 4.79 Å². The lowest BCUT2D eigenvalue weighted by Crippen LogP contribution is -2.05. The Bertz CT molecular complexity index is 966. The minimum absolute atomic E-state index is 0.0643. The average Bonchev–Trinajstić information content (AvgIpc) is 2.78. The van der Waals surface area contributed by atoms with Crippen LogP contribution in [0.3, 0.4) is 0 Å². The van der Waals surface area contributed by atoms with E-state index in [2.05, 4.69) is 0 Å². The first-order chi connectivity index (χ1) is 15.3. The first kappa shape index (κ1) is 25.9. The molecule has 0 unspecified atom stereocenters. The molecule has 0 saturated carbocycles. The highest BCUT2D eigenvalue weighted by Gasteiger charge is 2.11. The number of carbonyl (C=O) groups is 3. The molecule has 0 bridgehead atoms. The van der Waals surface area contributed by atoms with Crippen molar-refractivity contribution >= 4 is 17.9 Å². The highest BCUT2D eigenvalue weighted by Crippen LogP contribution is 2.17. The molecule has 3 aromatic carbocycles. The van der Waals surface area contributed by atoms with Crippen molar-refractivity contribution < 1.29 is 34.1 Å². The third-order valence-corrected chi connectivity index (χ3v) is 3.62. The van der Waals surface area contributed by atoms with Crippen molar-refractivity contribution in [3.8, 4) is 5.75 Å². The van der Waals surface area contributed by atoms with E-state index in [0.29, 0.717) is 6.61 Å². The Hall–Kier alpha value is -4.13. The second-order valence-corrected chi connectivity index (χ2v) is 6.36. The van der Waals surface area contributed by atoms with Crippen molar-refractivity contribution in [2.24, 2.45) is 0 Å². The summed E-state index contributed by atoms with van der Waals surface area (Å²) in [6, 6.07) is 25.3. The summed E-state index contributed by atoms with van der Waals surface area (Å²) >= 11 is 0. The molecule has 0 fully saturated rings. The molecule has 2 N–H and O–H groups in total. The Morgan fingerprint density at radius 1 is 0.688 bits per heavy atom. The van der Waals surface area contributed by atoms with E-state index in [4.69, 9.17) is 19.4 Å². The molecular weight excluding hydrogens is 412 g/mol. The van der Waals surface area contributed by atoms with E-state index in [1.807, 2.05) is 60.7 Å². The van der Waals surface area contributed by atoms with E-state index in [9.17, 15) is 14.7 Å². The number of phenols is 1. The molecule has 0 amide bonds. The molecule has 32 heavy (non-hydrogen) atoms. The SMILES string of the molecule is CC(=O)O.CC(=O)OCc1ccccc1.O=C(OCc1ccccc1)c1ccccc1O. The van der Waals surface area contributed by atoms with Crippen molar-refractivity contribution in [1.82, 2.24) is 0 Å². The number of ether oxygens (including phenoxy) is 2. The van der Waals surface area contributed by atoms with Crippen LogP contribution in [-0.2, 0) is 32.3 Å². The van der Waals surface area contributed by atoms with Gasteiger partial charge in [-0.05, 0) is 23.3 Å². The molecule has 0 aliphatic heterocycles. The zero-order valence-corrected chi connectivity index (χ0v) is 17.9. The first-order valence-electron chi connectivity index (χ1n) is 9.65. The van der Waals surface area contributed by atoms with Gasteiger partial charge in [-0.3, -0.25) is 9.59 Å². The van der Waals surface area contributed by atoms with Crippen LogP contribution >= 0.6 is 0 Å². The van der Waals surface area contributed by atoms with Crippen LogP contribution in [0, 0.1) is 0 Å². The number of hydrogen-bond acceptors (Lipinski definition) is 6. The average molecular weight is 438 g/mol. The summed E-state index contributed by atoms with van der Waals surface area (Å²) in [5.74, 6) is -1.66. The van der Waals surface area contributed by atoms with Crippen LogP contribution in [0.15, 0.2) is 84.9 Å². The van der Waals surface area contributed by atoms with E-state index in [0.717, 1.165) is 18.1 Å². The number of rotatable bonds is 5. The topological polar surface area (TPSA) is 110 Å². The number of benzene rings is 3. The van der Waals surface area contributed by atoms with Crippen LogP contribution in [0.2, 0.25) is 0 Å². The smallest absolute Gasteiger partial charge is 0.342 e. The number of carboxylic acid groups (broad SMARTS) is 1. The van der Waals surface area contributed by atoms with Gasteiger partial charge in [-0.2, -0.15) is 0 Å². The number of carbonyl (C=O) groups excluding carboxylic acids is 2. The monoisotopic (exact) mass is 438 g/mol. The predicted octanol–water partition coefficient (Wildman–Crippen LogP) is 4.59. The summed E-state index contributed by atoms with van der Waals surface area (Å²) in [4.78, 5) is 31.1. The molecular formula is C25H26O7. The number of aliphatic carboxylic acids is 1. The Balaban J connectivity index is 0.000000293. The third kappa shape index (κ3) is 11.8. The van der Waals surface area contributed by atoms with Gasteiger partial charge >= 0.3 is 11.9 Å². The molecule has 0 spiro atoms. The van der Waals surface area contributed by atoms with Gasteiger partial charge in [0.05, 0.1) is 0 Å². The second kappa shape index (κ2) is 14.8. The molecule has 7 nitrogen and oxygen atoms in total. The molecule has 0 aliphatic carbocycles. The van der Waals surface area contributed by atoms with Gasteiger partial charge in [0.2, 0.25) is 0 Å². The van der Waals surface area contributed by atoms with Crippen LogP contribution in [0.25, 0.3) is 0 Å². The molecule has 7 heteroatoms. The quantitative estimate of drug-likeness (QED) is 0.561. The Morgan fingerprint density at radius 3 is 1.53 bits per heavy atom. The Labute approximate surface area is 186 Å². The lowest BCUT2D eigenvalue weighted by atomic mass is 10.2. The van der Waals surface area contributed by atoms with Crippen molar-refractivity contribution in [3.63, 3.8) is 0 Å². The van der Waals surface area contributed by atoms with Crippen molar-refractivity contribution in [1.29, 1.82) is 0 Å². The second-order valence-electron chi connectivity index (χ2n) is 6.36. The van der Waals surface area contributed by atoms with Gasteiger partial charge in [0, 0.05) is 13.8 Å². The number of hydrogen-bond donors (Lipinski definition) is 2. The van der Waals surface area contributed by atoms with Gasteiger partial charge in [-0.15, -0.1) is 0 Å². The minimum Gasteiger partial charge on any atom is -0.507 e. The van der Waals surface area contributed by atoms with E-state index in [-0.39, 0.29) is 23.9 Å². The largest absolute Gasteiger partial charge is 0.507 e. The predicted molar refractivity (Wildman–Crippen MR) is 119 cm³/mol. The fraction of sp³-hybridized carbons (Fsp3) is 0.160. The molecule has 0 aliphatic rings. The van der Waals surface area contributed by atoms with Gasteiger partial charge in [0.25, 0.3) is 5.97 Å². The number of phenolic OH excluding ortho intramolecular Hbond substituents is 1. The standard InChI is InChI=1S/C14H12O3.C9H10O2.C2H4O2/c15-13-9-5-4-8-12(13)14(16)17-10-11-6-2-1-3-7-11;1-8(10)11-7-9-5-3-2-4-6-9;1-2(3)4/h1-9,15H,10H2;2-6H,7H2,1H3;1H3,(H,3,4). The summed E-state index contributed by atoms with van der Waals surface area (Å²) in [6.07, 6.45) is 0. The van der Waals surface area contributed by atoms with Gasteiger partial charge in [-0.1, -0.05) is 72.8 Å². The molecule has 0 saturated heterocycles. The minimum atomic E-state index is -0.833. The van der Waals surface area contributed by atoms with Gasteiger partial charge < -0.3 is 19.7 Å². The van der Waals surface area contributed by atoms with Gasteiger partial charge in [0.15, 0.2) is 0 Å². The highest BCUT2D eigenvalue weighted by atomic mass is 16.5. The third-order valence-electron chi connectivity index (χ3n) is 3.62. The summed E-state index contributed by atoms with van der Waals surface area (Å²) in [5.41, 5.74) is 2.11. The highest BCUT2D eigenvalue weighted by molar-refractivity contribution is 5.92. The van der Waals surface area contributed by atoms with Crippen molar-refractivity contribution in [3.05, 3.63) is 102 Å². The van der Waals surface area contributed by atoms with Crippen LogP contribution in [-0.4, -0.2) is 28.1 Å². The summed E-state index contributed by atoms with van der Waals surface area (Å²) in [7, 11) is 0. The number of para-hydroxylation sites is 1. The van der Waals surface area contributed by atoms with Crippen LogP contribution < -0.4 is 0 Å². The maximum Gasteiger partial charge on any atom is 0.342 e. The fourth-order valence-corrected chi connectivity index (χ4v) is 2.21. The number of esters is 2. The molecule has 0 heterocycles. The lowest BCUT2D eigenvalue weighted by molar-refractivity contribution is -0.142.